The number of nitrogens with one attached hydrogen (secondary N) is 1. The highest BCUT2D eigenvalue weighted by Crippen LogP contribution is 2.44. The molecule has 1 saturated carbocycles. The van der Waals surface area contributed by atoms with Gasteiger partial charge in [-0.15, -0.1) is 0 Å². The quantitative estimate of drug-likeness (QED) is 0.478. The Morgan fingerprint density at radius 1 is 1.62 bits per heavy atom. The van der Waals surface area contributed by atoms with Gasteiger partial charge in [0, 0.05) is 0 Å². The van der Waals surface area contributed by atoms with E-state index in [4.69, 9.17) is 5.26 Å². The van der Waals surface area contributed by atoms with Gasteiger partial charge in [-0.3, -0.25) is 0 Å². The molecule has 0 spiro atoms. The topological polar surface area (TPSA) is 35.8 Å². The number of piperidine rings is 1. The molecule has 0 radical (unpaired) electrons. The number of hydrogen-bond acceptors (Lipinski definition) is 2. The van der Waals surface area contributed by atoms with Gasteiger partial charge in [0.05, 0.1) is 12.1 Å². The molecule has 1 aliphatic carbocycles. The second-order valence-corrected chi connectivity index (χ2v) is 2.67. The van der Waals surface area contributed by atoms with Crippen molar-refractivity contribution in [3.63, 3.8) is 0 Å². The van der Waals surface area contributed by atoms with E-state index in [9.17, 15) is 0 Å². The van der Waals surface area contributed by atoms with Gasteiger partial charge in [0.1, 0.15) is 0 Å². The third-order valence-corrected chi connectivity index (χ3v) is 2.14. The SMILES string of the molecule is N#C[C@@H]1NC[C@H]2C[C@@H]21. The highest BCUT2D eigenvalue weighted by Gasteiger charge is 2.48. The standard InChI is InChI=1S/C6H8N2/c7-2-6-5-1-4(5)3-8-6/h4-6,8H,1,3H2/t4-,5+,6+/m1/s1. The zero-order chi connectivity index (χ0) is 5.56. The summed E-state index contributed by atoms with van der Waals surface area (Å²) < 4.78 is 0. The average Bonchev–Trinajstić information content (AvgIpc) is 2.46. The molecule has 0 aromatic rings. The van der Waals surface area contributed by atoms with E-state index in [0.29, 0.717) is 0 Å². The Balaban J connectivity index is 2.09. The van der Waals surface area contributed by atoms with Gasteiger partial charge in [-0.05, 0) is 24.8 Å². The molecule has 8 heavy (non-hydrogen) atoms. The van der Waals surface area contributed by atoms with E-state index in [-0.39, 0.29) is 6.04 Å². The molecule has 2 nitrogen and oxygen atoms in total. The summed E-state index contributed by atoms with van der Waals surface area (Å²) in [5.41, 5.74) is 0. The molecule has 1 N–H and O–H groups in total. The lowest BCUT2D eigenvalue weighted by Gasteiger charge is -1.98. The molecular weight excluding hydrogens is 100 g/mol. The Hall–Kier alpha value is -0.550. The Morgan fingerprint density at radius 2 is 2.50 bits per heavy atom. The van der Waals surface area contributed by atoms with Crippen LogP contribution in [0.2, 0.25) is 0 Å². The summed E-state index contributed by atoms with van der Waals surface area (Å²) in [6, 6.07) is 2.44. The van der Waals surface area contributed by atoms with Crippen LogP contribution in [0.3, 0.4) is 0 Å². The van der Waals surface area contributed by atoms with Crippen molar-refractivity contribution in [3.05, 3.63) is 0 Å². The van der Waals surface area contributed by atoms with E-state index in [0.717, 1.165) is 18.4 Å². The fourth-order valence-corrected chi connectivity index (χ4v) is 1.49. The van der Waals surface area contributed by atoms with Crippen LogP contribution in [0.25, 0.3) is 0 Å². The summed E-state index contributed by atoms with van der Waals surface area (Å²) in [6.07, 6.45) is 1.30. The number of fused-ring (bicyclic) bond motifs is 1. The molecular formula is C6H8N2. The fourth-order valence-electron chi connectivity index (χ4n) is 1.49. The maximum absolute atomic E-state index is 8.45. The third kappa shape index (κ3) is 0.399. The first-order chi connectivity index (χ1) is 3.92. The number of hydrogen-bond donors (Lipinski definition) is 1. The maximum atomic E-state index is 8.45. The van der Waals surface area contributed by atoms with E-state index >= 15 is 0 Å². The molecule has 2 heteroatoms. The molecule has 1 saturated heterocycles. The minimum atomic E-state index is 0.194. The van der Waals surface area contributed by atoms with Gasteiger partial charge < -0.3 is 5.32 Å². The first-order valence-electron chi connectivity index (χ1n) is 3.05. The molecule has 0 bridgehead atoms. The van der Waals surface area contributed by atoms with Gasteiger partial charge in [0.2, 0.25) is 0 Å². The molecule has 3 atom stereocenters. The smallest absolute Gasteiger partial charge is 0.0984 e. The van der Waals surface area contributed by atoms with Crippen molar-refractivity contribution in [3.8, 4) is 6.07 Å². The second-order valence-electron chi connectivity index (χ2n) is 2.67. The minimum Gasteiger partial charge on any atom is -0.301 e. The monoisotopic (exact) mass is 108 g/mol. The van der Waals surface area contributed by atoms with Crippen LogP contribution in [0.4, 0.5) is 0 Å². The Labute approximate surface area is 48.5 Å². The summed E-state index contributed by atoms with van der Waals surface area (Å²) in [7, 11) is 0. The zero-order valence-electron chi connectivity index (χ0n) is 4.59. The van der Waals surface area contributed by atoms with Crippen molar-refractivity contribution < 1.29 is 0 Å². The molecule has 2 rings (SSSR count). The van der Waals surface area contributed by atoms with Crippen molar-refractivity contribution in [1.82, 2.24) is 5.32 Å². The van der Waals surface area contributed by atoms with E-state index < -0.39 is 0 Å². The van der Waals surface area contributed by atoms with Crippen LogP contribution in [0.1, 0.15) is 6.42 Å². The Kier molecular flexibility index (Phi) is 0.671. The van der Waals surface area contributed by atoms with Gasteiger partial charge in [0.15, 0.2) is 0 Å². The molecule has 0 aromatic carbocycles. The van der Waals surface area contributed by atoms with E-state index in [1.807, 2.05) is 0 Å². The number of nitriles is 1. The molecule has 2 fully saturated rings. The zero-order valence-corrected chi connectivity index (χ0v) is 4.59. The van der Waals surface area contributed by atoms with Gasteiger partial charge in [0.25, 0.3) is 0 Å². The molecule has 1 aliphatic heterocycles. The molecule has 2 aliphatic rings. The van der Waals surface area contributed by atoms with E-state index in [1.54, 1.807) is 0 Å². The van der Waals surface area contributed by atoms with Crippen LogP contribution < -0.4 is 5.32 Å². The molecule has 0 unspecified atom stereocenters. The predicted octanol–water partition coefficient (Wildman–Crippen LogP) is 0.118. The van der Waals surface area contributed by atoms with E-state index in [1.165, 1.54) is 6.42 Å². The molecule has 42 valence electrons. The van der Waals surface area contributed by atoms with E-state index in [2.05, 4.69) is 11.4 Å². The van der Waals surface area contributed by atoms with Crippen LogP contribution in [-0.2, 0) is 0 Å². The predicted molar refractivity (Wildman–Crippen MR) is 29.0 cm³/mol. The minimum absolute atomic E-state index is 0.194. The lowest BCUT2D eigenvalue weighted by molar-refractivity contribution is 0.640. The maximum Gasteiger partial charge on any atom is 0.0984 e. The first kappa shape index (κ1) is 4.34. The molecule has 0 amide bonds. The summed E-state index contributed by atoms with van der Waals surface area (Å²) in [6.45, 7) is 1.09. The van der Waals surface area contributed by atoms with Gasteiger partial charge >= 0.3 is 0 Å². The third-order valence-electron chi connectivity index (χ3n) is 2.14. The summed E-state index contributed by atoms with van der Waals surface area (Å²) >= 11 is 0. The van der Waals surface area contributed by atoms with Crippen molar-refractivity contribution in [2.24, 2.45) is 11.8 Å². The van der Waals surface area contributed by atoms with Crippen LogP contribution >= 0.6 is 0 Å². The molecule has 1 heterocycles. The first-order valence-corrected chi connectivity index (χ1v) is 3.05. The van der Waals surface area contributed by atoms with Crippen molar-refractivity contribution in [2.45, 2.75) is 12.5 Å². The Bertz CT molecular complexity index is 147. The molecule has 0 aromatic heterocycles. The van der Waals surface area contributed by atoms with Gasteiger partial charge in [-0.25, -0.2) is 0 Å². The summed E-state index contributed by atoms with van der Waals surface area (Å²) in [4.78, 5) is 0. The van der Waals surface area contributed by atoms with Crippen molar-refractivity contribution in [1.29, 1.82) is 5.26 Å². The van der Waals surface area contributed by atoms with Gasteiger partial charge in [-0.1, -0.05) is 0 Å². The van der Waals surface area contributed by atoms with Crippen molar-refractivity contribution in [2.75, 3.05) is 6.54 Å². The summed E-state index contributed by atoms with van der Waals surface area (Å²) in [5, 5.41) is 11.6. The van der Waals surface area contributed by atoms with Crippen LogP contribution in [0, 0.1) is 23.2 Å². The summed E-state index contributed by atoms with van der Waals surface area (Å²) in [5.74, 6) is 1.58. The van der Waals surface area contributed by atoms with Gasteiger partial charge in [-0.2, -0.15) is 5.26 Å². The largest absolute Gasteiger partial charge is 0.301 e. The lowest BCUT2D eigenvalue weighted by Crippen LogP contribution is -2.23. The van der Waals surface area contributed by atoms with Crippen LogP contribution in [-0.4, -0.2) is 12.6 Å². The van der Waals surface area contributed by atoms with Crippen LogP contribution in [0.15, 0.2) is 0 Å². The highest BCUT2D eigenvalue weighted by atomic mass is 15.0. The number of rotatable bonds is 0. The second kappa shape index (κ2) is 1.24. The van der Waals surface area contributed by atoms with Crippen molar-refractivity contribution >= 4 is 0 Å². The normalized spacial score (nSPS) is 50.1. The fraction of sp³-hybridized carbons (Fsp3) is 0.833. The Morgan fingerprint density at radius 3 is 2.75 bits per heavy atom. The lowest BCUT2D eigenvalue weighted by atomic mass is 10.2. The average molecular weight is 108 g/mol. The van der Waals surface area contributed by atoms with Crippen LogP contribution in [0.5, 0.6) is 0 Å². The number of nitrogens with zero attached hydrogens (tertiary/aromatic N) is 1. The highest BCUT2D eigenvalue weighted by molar-refractivity contribution is 5.11.